The van der Waals surface area contributed by atoms with Crippen molar-refractivity contribution in [3.63, 3.8) is 0 Å². The average molecular weight is 431 g/mol. The van der Waals surface area contributed by atoms with Crippen LogP contribution in [-0.2, 0) is 10.0 Å². The number of β-amino-alcohol motifs (C(OH)–C–C–N with tert-alkyl or cyclic N) is 1. The minimum atomic E-state index is -4.06. The van der Waals surface area contributed by atoms with Crippen LogP contribution in [0.5, 0.6) is 5.75 Å². The number of hydrogen-bond donors (Lipinski definition) is 2. The summed E-state index contributed by atoms with van der Waals surface area (Å²) in [5.41, 5.74) is -1.44. The lowest BCUT2D eigenvalue weighted by atomic mass is 10.0. The normalized spacial score (nSPS) is 21.7. The molecule has 30 heavy (non-hydrogen) atoms. The molecule has 10 heteroatoms. The number of rotatable bonds is 5. The fourth-order valence-electron chi connectivity index (χ4n) is 3.28. The van der Waals surface area contributed by atoms with Gasteiger partial charge >= 0.3 is 0 Å². The Kier molecular flexibility index (Phi) is 5.79. The van der Waals surface area contributed by atoms with Crippen LogP contribution in [0.15, 0.2) is 41.3 Å². The first-order chi connectivity index (χ1) is 14.1. The van der Waals surface area contributed by atoms with Crippen molar-refractivity contribution in [1.82, 2.24) is 4.31 Å². The summed E-state index contributed by atoms with van der Waals surface area (Å²) in [6, 6.07) is 11.2. The molecule has 2 aromatic rings. The van der Waals surface area contributed by atoms with Gasteiger partial charge in [-0.2, -0.15) is 14.8 Å². The Morgan fingerprint density at radius 1 is 1.27 bits per heavy atom. The van der Waals surface area contributed by atoms with Crippen LogP contribution in [0.1, 0.15) is 16.7 Å². The van der Waals surface area contributed by atoms with E-state index in [1.54, 1.807) is 13.0 Å². The first-order valence-corrected chi connectivity index (χ1v) is 10.3. The Labute approximate surface area is 173 Å². The van der Waals surface area contributed by atoms with Gasteiger partial charge < -0.3 is 14.9 Å². The van der Waals surface area contributed by atoms with Gasteiger partial charge in [0.15, 0.2) is 0 Å². The molecule has 2 aromatic carbocycles. The standard InChI is InChI=1S/C20H18FN3O5S/c1-13-6-14(8-22)2-5-18(13)30(27,28)24-10-19(20(26,11-24)12-25)29-16-4-3-15(9-23)17(21)7-16/h2-7,19,25-26H,10-12H2,1H3/t19-,20+/m0/s1. The summed E-state index contributed by atoms with van der Waals surface area (Å²) in [5.74, 6) is -0.838. The highest BCUT2D eigenvalue weighted by atomic mass is 32.2. The molecule has 1 saturated heterocycles. The molecule has 0 aliphatic carbocycles. The van der Waals surface area contributed by atoms with Gasteiger partial charge in [0, 0.05) is 12.6 Å². The number of nitriles is 2. The molecule has 0 aromatic heterocycles. The summed E-state index contributed by atoms with van der Waals surface area (Å²) in [7, 11) is -4.06. The molecular weight excluding hydrogens is 413 g/mol. The Bertz CT molecular complexity index is 1170. The van der Waals surface area contributed by atoms with E-state index in [-0.39, 0.29) is 22.8 Å². The van der Waals surface area contributed by atoms with Crippen LogP contribution >= 0.6 is 0 Å². The van der Waals surface area contributed by atoms with Crippen LogP contribution in [0.2, 0.25) is 0 Å². The number of halogens is 1. The second-order valence-electron chi connectivity index (χ2n) is 7.01. The molecule has 3 rings (SSSR count). The van der Waals surface area contributed by atoms with Gasteiger partial charge in [-0.1, -0.05) is 0 Å². The molecular formula is C20H18FN3O5S. The number of ether oxygens (including phenoxy) is 1. The van der Waals surface area contributed by atoms with Crippen LogP contribution < -0.4 is 4.74 Å². The third-order valence-electron chi connectivity index (χ3n) is 4.95. The van der Waals surface area contributed by atoms with E-state index in [0.29, 0.717) is 11.1 Å². The first-order valence-electron chi connectivity index (χ1n) is 8.85. The predicted octanol–water partition coefficient (Wildman–Crippen LogP) is 1.05. The van der Waals surface area contributed by atoms with Crippen LogP contribution in [-0.4, -0.2) is 54.3 Å². The van der Waals surface area contributed by atoms with E-state index in [4.69, 9.17) is 15.3 Å². The van der Waals surface area contributed by atoms with E-state index in [0.717, 1.165) is 10.4 Å². The van der Waals surface area contributed by atoms with Crippen molar-refractivity contribution in [1.29, 1.82) is 10.5 Å². The van der Waals surface area contributed by atoms with Gasteiger partial charge in [-0.3, -0.25) is 0 Å². The molecule has 2 atom stereocenters. The largest absolute Gasteiger partial charge is 0.486 e. The zero-order valence-corrected chi connectivity index (χ0v) is 16.7. The van der Waals surface area contributed by atoms with E-state index >= 15 is 0 Å². The van der Waals surface area contributed by atoms with E-state index in [1.807, 2.05) is 6.07 Å². The molecule has 1 heterocycles. The second-order valence-corrected chi connectivity index (χ2v) is 8.92. The number of aliphatic hydroxyl groups is 2. The van der Waals surface area contributed by atoms with Crippen molar-refractivity contribution in [3.05, 3.63) is 58.9 Å². The van der Waals surface area contributed by atoms with Crippen molar-refractivity contribution in [2.75, 3.05) is 19.7 Å². The van der Waals surface area contributed by atoms with Gasteiger partial charge in [0.2, 0.25) is 10.0 Å². The van der Waals surface area contributed by atoms with Gasteiger partial charge in [0.05, 0.1) is 35.2 Å². The van der Waals surface area contributed by atoms with Gasteiger partial charge in [-0.05, 0) is 42.8 Å². The highest BCUT2D eigenvalue weighted by Crippen LogP contribution is 2.32. The summed E-state index contributed by atoms with van der Waals surface area (Å²) < 4.78 is 46.6. The number of nitrogens with zero attached hydrogens (tertiary/aromatic N) is 3. The Hall–Kier alpha value is -3.02. The fourth-order valence-corrected chi connectivity index (χ4v) is 4.99. The molecule has 1 fully saturated rings. The van der Waals surface area contributed by atoms with Crippen molar-refractivity contribution < 1.29 is 27.8 Å². The number of benzene rings is 2. The zero-order valence-electron chi connectivity index (χ0n) is 15.9. The first kappa shape index (κ1) is 21.7. The monoisotopic (exact) mass is 431 g/mol. The summed E-state index contributed by atoms with van der Waals surface area (Å²) in [6.07, 6.45) is -1.18. The lowest BCUT2D eigenvalue weighted by Gasteiger charge is -2.27. The van der Waals surface area contributed by atoms with E-state index in [1.165, 1.54) is 30.3 Å². The van der Waals surface area contributed by atoms with Crippen LogP contribution in [0.4, 0.5) is 4.39 Å². The zero-order chi connectivity index (χ0) is 22.1. The smallest absolute Gasteiger partial charge is 0.243 e. The number of hydrogen-bond acceptors (Lipinski definition) is 7. The molecule has 0 amide bonds. The minimum Gasteiger partial charge on any atom is -0.486 e. The molecule has 0 saturated carbocycles. The number of aliphatic hydroxyl groups excluding tert-OH is 1. The van der Waals surface area contributed by atoms with Crippen LogP contribution in [0.25, 0.3) is 0 Å². The molecule has 0 unspecified atom stereocenters. The third-order valence-corrected chi connectivity index (χ3v) is 6.93. The van der Waals surface area contributed by atoms with E-state index in [9.17, 15) is 23.0 Å². The average Bonchev–Trinajstić information content (AvgIpc) is 3.05. The van der Waals surface area contributed by atoms with E-state index in [2.05, 4.69) is 0 Å². The molecule has 8 nitrogen and oxygen atoms in total. The molecule has 2 N–H and O–H groups in total. The summed E-state index contributed by atoms with van der Waals surface area (Å²) in [4.78, 5) is -0.0353. The Morgan fingerprint density at radius 3 is 2.57 bits per heavy atom. The quantitative estimate of drug-likeness (QED) is 0.722. The van der Waals surface area contributed by atoms with Crippen molar-refractivity contribution in [2.24, 2.45) is 0 Å². The maximum atomic E-state index is 13.8. The maximum Gasteiger partial charge on any atom is 0.243 e. The SMILES string of the molecule is Cc1cc(C#N)ccc1S(=O)(=O)N1C[C@H](Oc2ccc(C#N)c(F)c2)[C@](O)(CO)C1. The van der Waals surface area contributed by atoms with E-state index < -0.39 is 40.7 Å². The van der Waals surface area contributed by atoms with Crippen LogP contribution in [0.3, 0.4) is 0 Å². The Balaban J connectivity index is 1.90. The number of sulfonamides is 1. The highest BCUT2D eigenvalue weighted by molar-refractivity contribution is 7.89. The highest BCUT2D eigenvalue weighted by Gasteiger charge is 2.51. The lowest BCUT2D eigenvalue weighted by molar-refractivity contribution is -0.0641. The second kappa shape index (κ2) is 8.01. The Morgan fingerprint density at radius 2 is 2.00 bits per heavy atom. The summed E-state index contributed by atoms with van der Waals surface area (Å²) >= 11 is 0. The maximum absolute atomic E-state index is 13.8. The fraction of sp³-hybridized carbons (Fsp3) is 0.300. The molecule has 0 bridgehead atoms. The molecule has 1 aliphatic rings. The molecule has 0 radical (unpaired) electrons. The molecule has 156 valence electrons. The van der Waals surface area contributed by atoms with Gasteiger partial charge in [0.25, 0.3) is 0 Å². The topological polar surface area (TPSA) is 135 Å². The van der Waals surface area contributed by atoms with Crippen molar-refractivity contribution >= 4 is 10.0 Å². The van der Waals surface area contributed by atoms with Crippen molar-refractivity contribution in [2.45, 2.75) is 23.5 Å². The summed E-state index contributed by atoms with van der Waals surface area (Å²) in [6.45, 7) is 0.0412. The third kappa shape index (κ3) is 3.86. The van der Waals surface area contributed by atoms with Gasteiger partial charge in [0.1, 0.15) is 29.3 Å². The predicted molar refractivity (Wildman–Crippen MR) is 102 cm³/mol. The van der Waals surface area contributed by atoms with Gasteiger partial charge in [-0.15, -0.1) is 0 Å². The number of aryl methyl sites for hydroxylation is 1. The lowest BCUT2D eigenvalue weighted by Crippen LogP contribution is -2.48. The minimum absolute atomic E-state index is 0.0165. The summed E-state index contributed by atoms with van der Waals surface area (Å²) in [5, 5.41) is 38.2. The molecule has 0 spiro atoms. The van der Waals surface area contributed by atoms with Gasteiger partial charge in [-0.25, -0.2) is 12.8 Å². The van der Waals surface area contributed by atoms with Crippen LogP contribution in [0, 0.1) is 35.4 Å². The molecule has 1 aliphatic heterocycles. The van der Waals surface area contributed by atoms with Crippen molar-refractivity contribution in [3.8, 4) is 17.9 Å².